The molecule has 1 aromatic heterocycles. The van der Waals surface area contributed by atoms with Crippen LogP contribution >= 0.6 is 11.6 Å². The number of hydrogen-bond donors (Lipinski definition) is 0. The minimum atomic E-state index is 0.316. The molecule has 0 aliphatic carbocycles. The van der Waals surface area contributed by atoms with Gasteiger partial charge in [-0.05, 0) is 36.8 Å². The van der Waals surface area contributed by atoms with Gasteiger partial charge >= 0.3 is 0 Å². The van der Waals surface area contributed by atoms with Crippen molar-refractivity contribution in [1.29, 1.82) is 0 Å². The summed E-state index contributed by atoms with van der Waals surface area (Å²) >= 11 is 5.96. The van der Waals surface area contributed by atoms with Crippen molar-refractivity contribution in [2.45, 2.75) is 39.5 Å². The first-order valence-corrected chi connectivity index (χ1v) is 6.68. The van der Waals surface area contributed by atoms with Crippen LogP contribution in [0.4, 0.5) is 5.95 Å². The first kappa shape index (κ1) is 12.6. The van der Waals surface area contributed by atoms with Gasteiger partial charge in [0, 0.05) is 19.5 Å². The van der Waals surface area contributed by atoms with Crippen LogP contribution in [0.5, 0.6) is 0 Å². The van der Waals surface area contributed by atoms with E-state index in [-0.39, 0.29) is 0 Å². The molecule has 4 nitrogen and oxygen atoms in total. The number of halogens is 1. The van der Waals surface area contributed by atoms with Crippen molar-refractivity contribution >= 4 is 17.5 Å². The van der Waals surface area contributed by atoms with Gasteiger partial charge in [0.05, 0.1) is 0 Å². The van der Waals surface area contributed by atoms with Crippen molar-refractivity contribution in [2.75, 3.05) is 18.0 Å². The summed E-state index contributed by atoms with van der Waals surface area (Å²) in [5.41, 5.74) is 0. The molecular formula is C12H19ClN4. The topological polar surface area (TPSA) is 41.9 Å². The molecule has 0 aromatic carbocycles. The van der Waals surface area contributed by atoms with E-state index in [1.165, 1.54) is 19.3 Å². The standard InChI is InChI=1S/C12H19ClN4/c1-9(2)8-10-14-11(13)16-12(15-10)17-6-4-3-5-7-17/h9H,3-8H2,1-2H3. The van der Waals surface area contributed by atoms with Gasteiger partial charge in [0.15, 0.2) is 0 Å². The average Bonchev–Trinajstić information content (AvgIpc) is 2.28. The lowest BCUT2D eigenvalue weighted by Crippen LogP contribution is -2.31. The summed E-state index contributed by atoms with van der Waals surface area (Å²) in [4.78, 5) is 15.1. The van der Waals surface area contributed by atoms with Crippen molar-refractivity contribution in [3.05, 3.63) is 11.1 Å². The maximum Gasteiger partial charge on any atom is 0.229 e. The molecular weight excluding hydrogens is 236 g/mol. The number of nitrogens with zero attached hydrogens (tertiary/aromatic N) is 4. The van der Waals surface area contributed by atoms with E-state index in [1.54, 1.807) is 0 Å². The molecule has 0 N–H and O–H groups in total. The van der Waals surface area contributed by atoms with Crippen molar-refractivity contribution in [1.82, 2.24) is 15.0 Å². The lowest BCUT2D eigenvalue weighted by Gasteiger charge is -2.26. The van der Waals surface area contributed by atoms with E-state index < -0.39 is 0 Å². The largest absolute Gasteiger partial charge is 0.341 e. The number of aromatic nitrogens is 3. The van der Waals surface area contributed by atoms with Gasteiger partial charge in [-0.1, -0.05) is 13.8 Å². The lowest BCUT2D eigenvalue weighted by molar-refractivity contribution is 0.561. The van der Waals surface area contributed by atoms with E-state index in [4.69, 9.17) is 11.6 Å². The summed E-state index contributed by atoms with van der Waals surface area (Å²) in [6.07, 6.45) is 4.57. The van der Waals surface area contributed by atoms with Crippen molar-refractivity contribution in [2.24, 2.45) is 5.92 Å². The van der Waals surface area contributed by atoms with Crippen LogP contribution in [-0.4, -0.2) is 28.0 Å². The number of piperidine rings is 1. The Morgan fingerprint density at radius 3 is 2.47 bits per heavy atom. The Morgan fingerprint density at radius 2 is 1.82 bits per heavy atom. The summed E-state index contributed by atoms with van der Waals surface area (Å²) in [6.45, 7) is 6.36. The van der Waals surface area contributed by atoms with E-state index in [1.807, 2.05) is 0 Å². The lowest BCUT2D eigenvalue weighted by atomic mass is 10.1. The maximum atomic E-state index is 5.96. The Morgan fingerprint density at radius 1 is 1.12 bits per heavy atom. The van der Waals surface area contributed by atoms with E-state index in [2.05, 4.69) is 33.7 Å². The minimum Gasteiger partial charge on any atom is -0.341 e. The van der Waals surface area contributed by atoms with Gasteiger partial charge in [0.2, 0.25) is 11.2 Å². The zero-order valence-electron chi connectivity index (χ0n) is 10.5. The molecule has 2 rings (SSSR count). The number of anilines is 1. The van der Waals surface area contributed by atoms with Crippen LogP contribution in [0.15, 0.2) is 0 Å². The smallest absolute Gasteiger partial charge is 0.229 e. The minimum absolute atomic E-state index is 0.316. The number of hydrogen-bond acceptors (Lipinski definition) is 4. The predicted molar refractivity (Wildman–Crippen MR) is 69.4 cm³/mol. The summed E-state index contributed by atoms with van der Waals surface area (Å²) in [5, 5.41) is 0.316. The van der Waals surface area contributed by atoms with E-state index in [0.29, 0.717) is 11.2 Å². The zero-order valence-corrected chi connectivity index (χ0v) is 11.2. The van der Waals surface area contributed by atoms with Gasteiger partial charge in [0.1, 0.15) is 5.82 Å². The molecule has 5 heteroatoms. The Balaban J connectivity index is 2.18. The van der Waals surface area contributed by atoms with Gasteiger partial charge in [-0.3, -0.25) is 0 Å². The van der Waals surface area contributed by atoms with Crippen molar-refractivity contribution < 1.29 is 0 Å². The highest BCUT2D eigenvalue weighted by Crippen LogP contribution is 2.17. The van der Waals surface area contributed by atoms with Crippen LogP contribution in [0, 0.1) is 5.92 Å². The molecule has 0 spiro atoms. The van der Waals surface area contributed by atoms with Crippen LogP contribution in [-0.2, 0) is 6.42 Å². The summed E-state index contributed by atoms with van der Waals surface area (Å²) in [6, 6.07) is 0. The fourth-order valence-corrected chi connectivity index (χ4v) is 2.24. The molecule has 0 amide bonds. The fraction of sp³-hybridized carbons (Fsp3) is 0.750. The van der Waals surface area contributed by atoms with E-state index in [9.17, 15) is 0 Å². The highest BCUT2D eigenvalue weighted by molar-refractivity contribution is 6.28. The molecule has 0 unspecified atom stereocenters. The average molecular weight is 255 g/mol. The van der Waals surface area contributed by atoms with Crippen LogP contribution < -0.4 is 4.90 Å². The van der Waals surface area contributed by atoms with Crippen LogP contribution in [0.2, 0.25) is 5.28 Å². The summed E-state index contributed by atoms with van der Waals surface area (Å²) < 4.78 is 0. The van der Waals surface area contributed by atoms with Crippen molar-refractivity contribution in [3.8, 4) is 0 Å². The van der Waals surface area contributed by atoms with Gasteiger partial charge in [-0.2, -0.15) is 9.97 Å². The first-order valence-electron chi connectivity index (χ1n) is 6.30. The third-order valence-electron chi connectivity index (χ3n) is 2.87. The molecule has 0 saturated carbocycles. The van der Waals surface area contributed by atoms with Crippen LogP contribution in [0.3, 0.4) is 0 Å². The highest BCUT2D eigenvalue weighted by Gasteiger charge is 2.15. The second-order valence-corrected chi connectivity index (χ2v) is 5.30. The maximum absolute atomic E-state index is 5.96. The Kier molecular flexibility index (Phi) is 4.15. The zero-order chi connectivity index (χ0) is 12.3. The number of rotatable bonds is 3. The van der Waals surface area contributed by atoms with Crippen LogP contribution in [0.1, 0.15) is 38.9 Å². The molecule has 1 saturated heterocycles. The Hall–Kier alpha value is -0.900. The molecule has 0 radical (unpaired) electrons. The fourth-order valence-electron chi connectivity index (χ4n) is 2.07. The normalized spacial score (nSPS) is 16.6. The molecule has 1 fully saturated rings. The van der Waals surface area contributed by atoms with Gasteiger partial charge in [-0.15, -0.1) is 0 Å². The SMILES string of the molecule is CC(C)Cc1nc(Cl)nc(N2CCCCC2)n1. The van der Waals surface area contributed by atoms with Gasteiger partial charge in [-0.25, -0.2) is 4.98 Å². The third-order valence-corrected chi connectivity index (χ3v) is 3.04. The monoisotopic (exact) mass is 254 g/mol. The molecule has 1 aromatic rings. The summed E-state index contributed by atoms with van der Waals surface area (Å²) in [7, 11) is 0. The van der Waals surface area contributed by atoms with Gasteiger partial charge < -0.3 is 4.90 Å². The molecule has 17 heavy (non-hydrogen) atoms. The Labute approximate surface area is 107 Å². The molecule has 1 aliphatic rings. The van der Waals surface area contributed by atoms with E-state index in [0.717, 1.165) is 31.3 Å². The van der Waals surface area contributed by atoms with Crippen molar-refractivity contribution in [3.63, 3.8) is 0 Å². The molecule has 94 valence electrons. The summed E-state index contributed by atoms with van der Waals surface area (Å²) in [5.74, 6) is 2.09. The highest BCUT2D eigenvalue weighted by atomic mass is 35.5. The van der Waals surface area contributed by atoms with Crippen LogP contribution in [0.25, 0.3) is 0 Å². The second-order valence-electron chi connectivity index (χ2n) is 4.97. The molecule has 0 atom stereocenters. The van der Waals surface area contributed by atoms with E-state index >= 15 is 0 Å². The first-order chi connectivity index (χ1) is 8.15. The second kappa shape index (κ2) is 5.63. The molecule has 1 aliphatic heterocycles. The van der Waals surface area contributed by atoms with Gasteiger partial charge in [0.25, 0.3) is 0 Å². The predicted octanol–water partition coefficient (Wildman–Crippen LogP) is 2.71. The molecule has 0 bridgehead atoms. The quantitative estimate of drug-likeness (QED) is 0.832. The molecule has 2 heterocycles. The Bertz CT molecular complexity index is 375. The third kappa shape index (κ3) is 3.53.